The first-order valence-corrected chi connectivity index (χ1v) is 9.17. The summed E-state index contributed by atoms with van der Waals surface area (Å²) in [5.74, 6) is 1.82. The lowest BCUT2D eigenvalue weighted by molar-refractivity contribution is 0.236. The second-order valence-electron chi connectivity index (χ2n) is 7.00. The molecule has 1 aliphatic heterocycles. The highest BCUT2D eigenvalue weighted by Crippen LogP contribution is 2.41. The molecular weight excluding hydrogens is 292 g/mol. The Hall–Kier alpha value is -1.20. The van der Waals surface area contributed by atoms with Gasteiger partial charge in [-0.1, -0.05) is 13.8 Å². The number of hydrogen-bond donors (Lipinski definition) is 0. The van der Waals surface area contributed by atoms with E-state index in [1.54, 1.807) is 11.2 Å². The minimum absolute atomic E-state index is 0.536. The van der Waals surface area contributed by atoms with Crippen LogP contribution in [0.4, 0.5) is 5.82 Å². The summed E-state index contributed by atoms with van der Waals surface area (Å²) in [6.07, 6.45) is 5.49. The van der Waals surface area contributed by atoms with Gasteiger partial charge in [0.15, 0.2) is 0 Å². The van der Waals surface area contributed by atoms with E-state index in [4.69, 9.17) is 4.98 Å². The topological polar surface area (TPSA) is 32.3 Å². The van der Waals surface area contributed by atoms with Crippen LogP contribution in [0.5, 0.6) is 0 Å². The van der Waals surface area contributed by atoms with Crippen LogP contribution in [0.1, 0.15) is 30.7 Å². The van der Waals surface area contributed by atoms with Crippen LogP contribution in [0.2, 0.25) is 0 Å². The Labute approximate surface area is 136 Å². The summed E-state index contributed by atoms with van der Waals surface area (Å²) in [5.41, 5.74) is 1.54. The highest BCUT2D eigenvalue weighted by molar-refractivity contribution is 7.19. The van der Waals surface area contributed by atoms with Crippen molar-refractivity contribution in [2.45, 2.75) is 39.2 Å². The lowest BCUT2D eigenvalue weighted by Gasteiger charge is -2.43. The SMILES string of the molecule is CC(C)C1CN(C)CCN1c1ncnc2sc3c(c12)CCC3. The monoisotopic (exact) mass is 316 g/mol. The van der Waals surface area contributed by atoms with Crippen molar-refractivity contribution in [2.24, 2.45) is 5.92 Å². The molecule has 4 rings (SSSR count). The molecule has 0 amide bonds. The molecule has 1 unspecified atom stereocenters. The first-order valence-electron chi connectivity index (χ1n) is 8.35. The van der Waals surface area contributed by atoms with Crippen LogP contribution in [0.3, 0.4) is 0 Å². The van der Waals surface area contributed by atoms with E-state index in [0.29, 0.717) is 12.0 Å². The maximum absolute atomic E-state index is 4.74. The molecule has 1 fully saturated rings. The Kier molecular flexibility index (Phi) is 3.57. The Morgan fingerprint density at radius 1 is 1.23 bits per heavy atom. The Balaban J connectivity index is 1.83. The highest BCUT2D eigenvalue weighted by Gasteiger charge is 2.31. The zero-order valence-corrected chi connectivity index (χ0v) is 14.5. The van der Waals surface area contributed by atoms with Crippen LogP contribution in [0, 0.1) is 5.92 Å². The van der Waals surface area contributed by atoms with Crippen molar-refractivity contribution in [2.75, 3.05) is 31.6 Å². The van der Waals surface area contributed by atoms with Crippen LogP contribution >= 0.6 is 11.3 Å². The summed E-state index contributed by atoms with van der Waals surface area (Å²) in [5, 5.41) is 1.36. The van der Waals surface area contributed by atoms with Crippen molar-refractivity contribution in [3.63, 3.8) is 0 Å². The maximum atomic E-state index is 4.74. The van der Waals surface area contributed by atoms with Crippen molar-refractivity contribution in [1.29, 1.82) is 0 Å². The molecule has 0 spiro atoms. The number of thiophene rings is 1. The second kappa shape index (κ2) is 5.46. The minimum Gasteiger partial charge on any atom is -0.350 e. The predicted molar refractivity (Wildman–Crippen MR) is 92.9 cm³/mol. The summed E-state index contributed by atoms with van der Waals surface area (Å²) in [7, 11) is 2.23. The van der Waals surface area contributed by atoms with E-state index in [0.717, 1.165) is 19.6 Å². The third kappa shape index (κ3) is 2.22. The van der Waals surface area contributed by atoms with Gasteiger partial charge in [-0.25, -0.2) is 9.97 Å². The van der Waals surface area contributed by atoms with E-state index in [-0.39, 0.29) is 0 Å². The first-order chi connectivity index (χ1) is 10.6. The molecule has 1 aliphatic carbocycles. The standard InChI is InChI=1S/C17H24N4S/c1-11(2)13-9-20(3)7-8-21(13)16-15-12-5-4-6-14(12)22-17(15)19-10-18-16/h10-11,13H,4-9H2,1-3H3. The van der Waals surface area contributed by atoms with E-state index in [9.17, 15) is 0 Å². The summed E-state index contributed by atoms with van der Waals surface area (Å²) in [4.78, 5) is 17.0. The molecule has 2 aliphatic rings. The van der Waals surface area contributed by atoms with Crippen molar-refractivity contribution in [1.82, 2.24) is 14.9 Å². The molecule has 2 aromatic rings. The summed E-state index contributed by atoms with van der Waals surface area (Å²) < 4.78 is 0. The van der Waals surface area contributed by atoms with E-state index < -0.39 is 0 Å². The largest absolute Gasteiger partial charge is 0.350 e. The minimum atomic E-state index is 0.536. The number of fused-ring (bicyclic) bond motifs is 3. The molecule has 0 bridgehead atoms. The van der Waals surface area contributed by atoms with Crippen LogP contribution in [0.25, 0.3) is 10.2 Å². The Morgan fingerprint density at radius 2 is 2.09 bits per heavy atom. The number of hydrogen-bond acceptors (Lipinski definition) is 5. The maximum Gasteiger partial charge on any atom is 0.141 e. The average Bonchev–Trinajstić information content (AvgIpc) is 3.07. The molecule has 0 radical (unpaired) electrons. The number of aryl methyl sites for hydroxylation is 2. The fourth-order valence-electron chi connectivity index (χ4n) is 3.92. The summed E-state index contributed by atoms with van der Waals surface area (Å²) >= 11 is 1.89. The normalized spacial score (nSPS) is 22.7. The molecule has 2 aromatic heterocycles. The Bertz CT molecular complexity index is 693. The van der Waals surface area contributed by atoms with Gasteiger partial charge in [-0.3, -0.25) is 0 Å². The lowest BCUT2D eigenvalue weighted by Crippen LogP contribution is -2.54. The quantitative estimate of drug-likeness (QED) is 0.853. The van der Waals surface area contributed by atoms with Gasteiger partial charge in [-0.15, -0.1) is 11.3 Å². The number of rotatable bonds is 2. The summed E-state index contributed by atoms with van der Waals surface area (Å²) in [6.45, 7) is 7.95. The number of aromatic nitrogens is 2. The molecule has 1 saturated heterocycles. The van der Waals surface area contributed by atoms with Crippen molar-refractivity contribution in [3.8, 4) is 0 Å². The molecular formula is C17H24N4S. The van der Waals surface area contributed by atoms with Gasteiger partial charge in [-0.05, 0) is 37.8 Å². The first kappa shape index (κ1) is 14.4. The van der Waals surface area contributed by atoms with E-state index >= 15 is 0 Å². The number of nitrogens with zero attached hydrogens (tertiary/aromatic N) is 4. The highest BCUT2D eigenvalue weighted by atomic mass is 32.1. The molecule has 3 heterocycles. The lowest BCUT2D eigenvalue weighted by atomic mass is 9.99. The van der Waals surface area contributed by atoms with Crippen molar-refractivity contribution in [3.05, 3.63) is 16.8 Å². The van der Waals surface area contributed by atoms with Gasteiger partial charge in [0.05, 0.1) is 5.39 Å². The van der Waals surface area contributed by atoms with Crippen LogP contribution in [0.15, 0.2) is 6.33 Å². The molecule has 5 heteroatoms. The molecule has 1 atom stereocenters. The predicted octanol–water partition coefficient (Wildman–Crippen LogP) is 2.96. The average molecular weight is 316 g/mol. The van der Waals surface area contributed by atoms with Gasteiger partial charge in [-0.2, -0.15) is 0 Å². The fourth-order valence-corrected chi connectivity index (χ4v) is 5.14. The number of piperazine rings is 1. The molecule has 0 saturated carbocycles. The zero-order chi connectivity index (χ0) is 15.3. The molecule has 118 valence electrons. The second-order valence-corrected chi connectivity index (χ2v) is 8.09. The van der Waals surface area contributed by atoms with E-state index in [1.807, 2.05) is 11.3 Å². The molecule has 0 aromatic carbocycles. The zero-order valence-electron chi connectivity index (χ0n) is 13.7. The van der Waals surface area contributed by atoms with Crippen LogP contribution < -0.4 is 4.90 Å². The summed E-state index contributed by atoms with van der Waals surface area (Å²) in [6, 6.07) is 0.536. The van der Waals surface area contributed by atoms with E-state index in [1.165, 1.54) is 40.9 Å². The van der Waals surface area contributed by atoms with Crippen LogP contribution in [-0.2, 0) is 12.8 Å². The number of anilines is 1. The smallest absolute Gasteiger partial charge is 0.141 e. The third-order valence-corrected chi connectivity index (χ3v) is 6.34. The van der Waals surface area contributed by atoms with Gasteiger partial charge in [0, 0.05) is 30.6 Å². The Morgan fingerprint density at radius 3 is 2.91 bits per heavy atom. The van der Waals surface area contributed by atoms with Gasteiger partial charge in [0.2, 0.25) is 0 Å². The fraction of sp³-hybridized carbons (Fsp3) is 0.647. The molecule has 0 N–H and O–H groups in total. The van der Waals surface area contributed by atoms with Crippen molar-refractivity contribution < 1.29 is 0 Å². The van der Waals surface area contributed by atoms with E-state index in [2.05, 4.69) is 35.7 Å². The third-order valence-electron chi connectivity index (χ3n) is 5.14. The van der Waals surface area contributed by atoms with Gasteiger partial charge >= 0.3 is 0 Å². The molecule has 22 heavy (non-hydrogen) atoms. The molecule has 4 nitrogen and oxygen atoms in total. The van der Waals surface area contributed by atoms with Crippen molar-refractivity contribution >= 4 is 27.4 Å². The van der Waals surface area contributed by atoms with Crippen LogP contribution in [-0.4, -0.2) is 47.6 Å². The van der Waals surface area contributed by atoms with Gasteiger partial charge < -0.3 is 9.80 Å². The number of likely N-dealkylation sites (N-methyl/N-ethyl adjacent to an activating group) is 1. The van der Waals surface area contributed by atoms with Gasteiger partial charge in [0.1, 0.15) is 17.0 Å². The van der Waals surface area contributed by atoms with Gasteiger partial charge in [0.25, 0.3) is 0 Å².